The van der Waals surface area contributed by atoms with Crippen LogP contribution in [0.2, 0.25) is 0 Å². The molecule has 6 nitrogen and oxygen atoms in total. The van der Waals surface area contributed by atoms with Crippen molar-refractivity contribution in [2.75, 3.05) is 13.7 Å². The third-order valence-corrected chi connectivity index (χ3v) is 2.77. The van der Waals surface area contributed by atoms with E-state index in [4.69, 9.17) is 9.84 Å². The molecular weight excluding hydrogens is 260 g/mol. The highest BCUT2D eigenvalue weighted by Crippen LogP contribution is 2.11. The Hall–Kier alpha value is -2.47. The number of carboxylic acid groups (broad SMARTS) is 1. The van der Waals surface area contributed by atoms with Crippen LogP contribution in [0.15, 0.2) is 36.4 Å². The van der Waals surface area contributed by atoms with Crippen LogP contribution in [0.3, 0.4) is 0 Å². The molecule has 0 bridgehead atoms. The summed E-state index contributed by atoms with van der Waals surface area (Å²) in [5, 5.41) is 12.2. The Balaban J connectivity index is 2.20. The Morgan fingerprint density at radius 2 is 2.05 bits per heavy atom. The first-order valence-electron chi connectivity index (χ1n) is 6.00. The number of methoxy groups -OCH3 is 1. The fourth-order valence-corrected chi connectivity index (χ4v) is 1.77. The van der Waals surface area contributed by atoms with E-state index in [1.165, 1.54) is 7.11 Å². The van der Waals surface area contributed by atoms with Gasteiger partial charge >= 0.3 is 5.97 Å². The number of fused-ring (bicyclic) bond motifs is 1. The lowest BCUT2D eigenvalue weighted by Gasteiger charge is -2.13. The van der Waals surface area contributed by atoms with Crippen LogP contribution >= 0.6 is 0 Å². The number of benzene rings is 1. The number of hydrogen-bond acceptors (Lipinski definition) is 4. The third kappa shape index (κ3) is 3.10. The van der Waals surface area contributed by atoms with Crippen molar-refractivity contribution < 1.29 is 19.4 Å². The van der Waals surface area contributed by atoms with Crippen molar-refractivity contribution in [1.29, 1.82) is 0 Å². The minimum absolute atomic E-state index is 0.103. The average Bonchev–Trinajstić information content (AvgIpc) is 2.46. The number of aromatic nitrogens is 1. The second-order valence-corrected chi connectivity index (χ2v) is 4.21. The molecule has 0 fully saturated rings. The summed E-state index contributed by atoms with van der Waals surface area (Å²) in [6.07, 6.45) is 0. The summed E-state index contributed by atoms with van der Waals surface area (Å²) in [5.74, 6) is -1.69. The van der Waals surface area contributed by atoms with E-state index in [0.717, 1.165) is 5.39 Å². The molecule has 0 saturated carbocycles. The van der Waals surface area contributed by atoms with Gasteiger partial charge in [-0.2, -0.15) is 0 Å². The van der Waals surface area contributed by atoms with Crippen LogP contribution in [0, 0.1) is 0 Å². The van der Waals surface area contributed by atoms with Crippen molar-refractivity contribution in [3.05, 3.63) is 42.1 Å². The fraction of sp³-hybridized carbons (Fsp3) is 0.214. The zero-order chi connectivity index (χ0) is 14.5. The number of carbonyl (C=O) groups excluding carboxylic acids is 1. The highest BCUT2D eigenvalue weighted by atomic mass is 16.5. The summed E-state index contributed by atoms with van der Waals surface area (Å²) in [6.45, 7) is -0.103. The van der Waals surface area contributed by atoms with E-state index in [0.29, 0.717) is 5.52 Å². The van der Waals surface area contributed by atoms with Gasteiger partial charge in [0.2, 0.25) is 0 Å². The molecule has 2 N–H and O–H groups in total. The molecule has 0 spiro atoms. The van der Waals surface area contributed by atoms with E-state index in [-0.39, 0.29) is 12.3 Å². The summed E-state index contributed by atoms with van der Waals surface area (Å²) in [7, 11) is 1.37. The highest BCUT2D eigenvalue weighted by molar-refractivity contribution is 5.96. The molecule has 0 aliphatic carbocycles. The van der Waals surface area contributed by atoms with Gasteiger partial charge in [-0.15, -0.1) is 0 Å². The predicted octanol–water partition coefficient (Wildman–Crippen LogP) is 1.06. The molecule has 0 saturated heterocycles. The van der Waals surface area contributed by atoms with Crippen molar-refractivity contribution >= 4 is 22.8 Å². The predicted molar refractivity (Wildman–Crippen MR) is 72.5 cm³/mol. The molecule has 1 aromatic heterocycles. The van der Waals surface area contributed by atoms with Gasteiger partial charge in [0, 0.05) is 12.5 Å². The summed E-state index contributed by atoms with van der Waals surface area (Å²) < 4.78 is 4.76. The Labute approximate surface area is 115 Å². The number of rotatable bonds is 5. The Kier molecular flexibility index (Phi) is 4.27. The maximum atomic E-state index is 12.0. The molecule has 1 amide bonds. The molecule has 2 rings (SSSR count). The van der Waals surface area contributed by atoms with Crippen LogP contribution in [-0.2, 0) is 9.53 Å². The number of nitrogens with zero attached hydrogens (tertiary/aromatic N) is 1. The first-order valence-corrected chi connectivity index (χ1v) is 6.00. The van der Waals surface area contributed by atoms with E-state index < -0.39 is 17.9 Å². The smallest absolute Gasteiger partial charge is 0.328 e. The molecule has 0 aliphatic heterocycles. The van der Waals surface area contributed by atoms with Gasteiger partial charge < -0.3 is 15.2 Å². The zero-order valence-electron chi connectivity index (χ0n) is 10.9. The van der Waals surface area contributed by atoms with Gasteiger partial charge in [0.25, 0.3) is 5.91 Å². The third-order valence-electron chi connectivity index (χ3n) is 2.77. The molecule has 0 aliphatic rings. The van der Waals surface area contributed by atoms with Crippen molar-refractivity contribution in [2.45, 2.75) is 6.04 Å². The molecule has 20 heavy (non-hydrogen) atoms. The molecule has 1 aromatic carbocycles. The fourth-order valence-electron chi connectivity index (χ4n) is 1.77. The zero-order valence-corrected chi connectivity index (χ0v) is 10.9. The first-order chi connectivity index (χ1) is 9.61. The summed E-state index contributed by atoms with van der Waals surface area (Å²) in [6, 6.07) is 9.60. The number of nitrogens with one attached hydrogen (secondary N) is 1. The molecule has 1 unspecified atom stereocenters. The number of hydrogen-bond donors (Lipinski definition) is 2. The maximum Gasteiger partial charge on any atom is 0.328 e. The van der Waals surface area contributed by atoms with Crippen molar-refractivity contribution in [3.8, 4) is 0 Å². The molecule has 104 valence electrons. The second-order valence-electron chi connectivity index (χ2n) is 4.21. The van der Waals surface area contributed by atoms with Crippen molar-refractivity contribution in [1.82, 2.24) is 10.3 Å². The van der Waals surface area contributed by atoms with Crippen LogP contribution in [0.4, 0.5) is 0 Å². The second kappa shape index (κ2) is 6.12. The normalized spacial score (nSPS) is 12.1. The lowest BCUT2D eigenvalue weighted by atomic mass is 10.2. The number of para-hydroxylation sites is 1. The molecule has 0 radical (unpaired) electrons. The van der Waals surface area contributed by atoms with E-state index >= 15 is 0 Å². The van der Waals surface area contributed by atoms with Gasteiger partial charge in [-0.25, -0.2) is 9.78 Å². The van der Waals surface area contributed by atoms with Gasteiger partial charge in [0.1, 0.15) is 5.69 Å². The highest BCUT2D eigenvalue weighted by Gasteiger charge is 2.21. The minimum Gasteiger partial charge on any atom is -0.480 e. The van der Waals surface area contributed by atoms with Crippen LogP contribution in [0.5, 0.6) is 0 Å². The van der Waals surface area contributed by atoms with Crippen molar-refractivity contribution in [2.24, 2.45) is 0 Å². The Bertz CT molecular complexity index is 642. The molecular formula is C14H14N2O4. The van der Waals surface area contributed by atoms with Gasteiger partial charge in [-0.1, -0.05) is 24.3 Å². The van der Waals surface area contributed by atoms with Crippen LogP contribution in [0.1, 0.15) is 10.5 Å². The SMILES string of the molecule is COCC(NC(=O)c1ccc2ccccc2n1)C(=O)O. The lowest BCUT2D eigenvalue weighted by molar-refractivity contribution is -0.140. The molecule has 6 heteroatoms. The quantitative estimate of drug-likeness (QED) is 0.851. The largest absolute Gasteiger partial charge is 0.480 e. The van der Waals surface area contributed by atoms with Crippen molar-refractivity contribution in [3.63, 3.8) is 0 Å². The average molecular weight is 274 g/mol. The number of amides is 1. The summed E-state index contributed by atoms with van der Waals surface area (Å²) >= 11 is 0. The number of ether oxygens (including phenoxy) is 1. The Morgan fingerprint density at radius 1 is 1.30 bits per heavy atom. The molecule has 1 atom stereocenters. The lowest BCUT2D eigenvalue weighted by Crippen LogP contribution is -2.44. The van der Waals surface area contributed by atoms with Gasteiger partial charge in [0.05, 0.1) is 12.1 Å². The topological polar surface area (TPSA) is 88.5 Å². The molecule has 1 heterocycles. The number of pyridine rings is 1. The van der Waals surface area contributed by atoms with E-state index in [9.17, 15) is 9.59 Å². The van der Waals surface area contributed by atoms with Crippen LogP contribution < -0.4 is 5.32 Å². The monoisotopic (exact) mass is 274 g/mol. The first kappa shape index (κ1) is 14.0. The van der Waals surface area contributed by atoms with Gasteiger partial charge in [-0.05, 0) is 12.1 Å². The minimum atomic E-state index is -1.15. The van der Waals surface area contributed by atoms with E-state index in [1.807, 2.05) is 18.2 Å². The standard InChI is InChI=1S/C14H14N2O4/c1-20-8-12(14(18)19)16-13(17)11-7-6-9-4-2-3-5-10(9)15-11/h2-7,12H,8H2,1H3,(H,16,17)(H,18,19). The summed E-state index contributed by atoms with van der Waals surface area (Å²) in [5.41, 5.74) is 0.852. The van der Waals surface area contributed by atoms with E-state index in [1.54, 1.807) is 18.2 Å². The Morgan fingerprint density at radius 3 is 2.75 bits per heavy atom. The number of aliphatic carboxylic acids is 1. The van der Waals surface area contributed by atoms with E-state index in [2.05, 4.69) is 10.3 Å². The molecule has 2 aromatic rings. The summed E-state index contributed by atoms with van der Waals surface area (Å²) in [4.78, 5) is 27.1. The maximum absolute atomic E-state index is 12.0. The van der Waals surface area contributed by atoms with Gasteiger partial charge in [-0.3, -0.25) is 4.79 Å². The number of carbonyl (C=O) groups is 2. The van der Waals surface area contributed by atoms with Crippen LogP contribution in [0.25, 0.3) is 10.9 Å². The van der Waals surface area contributed by atoms with Gasteiger partial charge in [0.15, 0.2) is 6.04 Å². The number of carboxylic acids is 1. The van der Waals surface area contributed by atoms with Crippen LogP contribution in [-0.4, -0.2) is 41.7 Å².